The van der Waals surface area contributed by atoms with Gasteiger partial charge in [0.15, 0.2) is 0 Å². The van der Waals surface area contributed by atoms with E-state index in [4.69, 9.17) is 0 Å². The van der Waals surface area contributed by atoms with Crippen molar-refractivity contribution in [1.82, 2.24) is 20.2 Å². The minimum atomic E-state index is -0.168. The number of carbonyl (C=O) groups is 1. The maximum Gasteiger partial charge on any atom is 0.318 e. The van der Waals surface area contributed by atoms with E-state index in [9.17, 15) is 9.59 Å². The normalized spacial score (nSPS) is 12.3. The summed E-state index contributed by atoms with van der Waals surface area (Å²) in [5.74, 6) is 1.20. The average molecular weight is 387 g/mol. The Morgan fingerprint density at radius 2 is 1.93 bits per heavy atom. The predicted molar refractivity (Wildman–Crippen MR) is 114 cm³/mol. The average Bonchev–Trinajstić information content (AvgIpc) is 2.64. The van der Waals surface area contributed by atoms with Crippen molar-refractivity contribution in [3.8, 4) is 0 Å². The number of unbranched alkanes of at least 4 members (excludes halogenated alkanes) is 1. The number of fused-ring (bicyclic) bond motifs is 1. The van der Waals surface area contributed by atoms with E-state index in [1.165, 1.54) is 6.42 Å². The van der Waals surface area contributed by atoms with Crippen LogP contribution in [0.2, 0.25) is 0 Å². The lowest BCUT2D eigenvalue weighted by atomic mass is 10.0. The summed E-state index contributed by atoms with van der Waals surface area (Å²) in [5, 5.41) is 3.67. The number of hydrogen-bond donors (Lipinski definition) is 2. The van der Waals surface area contributed by atoms with Gasteiger partial charge in [-0.3, -0.25) is 4.79 Å². The van der Waals surface area contributed by atoms with Crippen LogP contribution in [0.1, 0.15) is 65.6 Å². The van der Waals surface area contributed by atoms with Gasteiger partial charge < -0.3 is 15.2 Å². The fraction of sp³-hybridized carbons (Fsp3) is 0.591. The molecular formula is C22H34N4O2. The number of nitrogens with zero attached hydrogens (tertiary/aromatic N) is 2. The molecule has 28 heavy (non-hydrogen) atoms. The molecule has 6 heteroatoms. The predicted octanol–water partition coefficient (Wildman–Crippen LogP) is 4.45. The number of rotatable bonds is 10. The van der Waals surface area contributed by atoms with Crippen molar-refractivity contribution >= 4 is 16.9 Å². The van der Waals surface area contributed by atoms with Crippen LogP contribution < -0.4 is 10.9 Å². The van der Waals surface area contributed by atoms with Gasteiger partial charge in [0.2, 0.25) is 0 Å². The van der Waals surface area contributed by atoms with Crippen LogP contribution in [-0.2, 0) is 6.54 Å². The second-order valence-electron chi connectivity index (χ2n) is 7.98. The molecule has 0 saturated carbocycles. The van der Waals surface area contributed by atoms with E-state index >= 15 is 0 Å². The number of para-hydroxylation sites is 1. The van der Waals surface area contributed by atoms with Crippen molar-refractivity contribution in [2.24, 2.45) is 5.92 Å². The van der Waals surface area contributed by atoms with E-state index in [0.29, 0.717) is 35.7 Å². The van der Waals surface area contributed by atoms with Crippen molar-refractivity contribution < 1.29 is 4.79 Å². The summed E-state index contributed by atoms with van der Waals surface area (Å²) in [4.78, 5) is 34.2. The number of urea groups is 1. The van der Waals surface area contributed by atoms with Gasteiger partial charge in [-0.25, -0.2) is 9.78 Å². The van der Waals surface area contributed by atoms with E-state index in [1.807, 2.05) is 25.1 Å². The number of hydrogen-bond acceptors (Lipinski definition) is 3. The Kier molecular flexibility index (Phi) is 8.48. The summed E-state index contributed by atoms with van der Waals surface area (Å²) in [6, 6.07) is 7.28. The minimum Gasteiger partial charge on any atom is -0.336 e. The first-order chi connectivity index (χ1) is 13.4. The standard InChI is InChI=1S/C22H34N4O2/c1-5-6-14-26(22(28)23-17(4)11-9-10-16(2)3)15-20-24-19-13-8-7-12-18(19)21(27)25-20/h7-8,12-13,16-17H,5-6,9-11,14-15H2,1-4H3,(H,23,28)(H,24,25,27). The molecule has 0 radical (unpaired) electrons. The summed E-state index contributed by atoms with van der Waals surface area (Å²) in [6.45, 7) is 9.51. The van der Waals surface area contributed by atoms with E-state index in [1.54, 1.807) is 11.0 Å². The number of aromatic nitrogens is 2. The highest BCUT2D eigenvalue weighted by Gasteiger charge is 2.17. The Labute approximate surface area is 167 Å². The van der Waals surface area contributed by atoms with Crippen molar-refractivity contribution in [2.45, 2.75) is 72.4 Å². The number of nitrogens with one attached hydrogen (secondary N) is 2. The Hall–Kier alpha value is -2.37. The maximum absolute atomic E-state index is 12.8. The molecule has 2 amide bonds. The molecular weight excluding hydrogens is 352 g/mol. The van der Waals surface area contributed by atoms with Crippen LogP contribution in [0.15, 0.2) is 29.1 Å². The van der Waals surface area contributed by atoms with Gasteiger partial charge in [-0.05, 0) is 37.8 Å². The molecule has 0 aliphatic heterocycles. The highest BCUT2D eigenvalue weighted by molar-refractivity contribution is 5.77. The fourth-order valence-electron chi connectivity index (χ4n) is 3.20. The molecule has 2 rings (SSSR count). The van der Waals surface area contributed by atoms with Gasteiger partial charge in [-0.15, -0.1) is 0 Å². The summed E-state index contributed by atoms with van der Waals surface area (Å²) in [6.07, 6.45) is 5.15. The topological polar surface area (TPSA) is 78.1 Å². The van der Waals surface area contributed by atoms with Gasteiger partial charge in [0.1, 0.15) is 5.82 Å². The van der Waals surface area contributed by atoms with Crippen molar-refractivity contribution in [2.75, 3.05) is 6.54 Å². The van der Waals surface area contributed by atoms with Crippen LogP contribution in [0.25, 0.3) is 10.9 Å². The molecule has 154 valence electrons. The zero-order valence-corrected chi connectivity index (χ0v) is 17.6. The zero-order chi connectivity index (χ0) is 20.5. The molecule has 1 heterocycles. The fourth-order valence-corrected chi connectivity index (χ4v) is 3.20. The van der Waals surface area contributed by atoms with E-state index in [-0.39, 0.29) is 17.6 Å². The van der Waals surface area contributed by atoms with Gasteiger partial charge in [0, 0.05) is 12.6 Å². The smallest absolute Gasteiger partial charge is 0.318 e. The third-order valence-electron chi connectivity index (χ3n) is 4.86. The lowest BCUT2D eigenvalue weighted by molar-refractivity contribution is 0.188. The van der Waals surface area contributed by atoms with Gasteiger partial charge in [0.25, 0.3) is 5.56 Å². The second kappa shape index (κ2) is 10.8. The molecule has 0 bridgehead atoms. The molecule has 0 spiro atoms. The molecule has 6 nitrogen and oxygen atoms in total. The Morgan fingerprint density at radius 3 is 2.64 bits per heavy atom. The van der Waals surface area contributed by atoms with Crippen LogP contribution in [0.4, 0.5) is 4.79 Å². The minimum absolute atomic E-state index is 0.0960. The Bertz CT molecular complexity index is 816. The third-order valence-corrected chi connectivity index (χ3v) is 4.86. The number of carbonyl (C=O) groups excluding carboxylic acids is 1. The monoisotopic (exact) mass is 386 g/mol. The highest BCUT2D eigenvalue weighted by atomic mass is 16.2. The van der Waals surface area contributed by atoms with Gasteiger partial charge in [-0.1, -0.05) is 52.2 Å². The third kappa shape index (κ3) is 6.66. The molecule has 0 saturated heterocycles. The summed E-state index contributed by atoms with van der Waals surface area (Å²) in [5.41, 5.74) is 0.484. The number of amides is 2. The molecule has 2 N–H and O–H groups in total. The van der Waals surface area contributed by atoms with Crippen LogP contribution in [0.5, 0.6) is 0 Å². The Morgan fingerprint density at radius 1 is 1.18 bits per heavy atom. The first kappa shape index (κ1) is 21.9. The largest absolute Gasteiger partial charge is 0.336 e. The summed E-state index contributed by atoms with van der Waals surface area (Å²) < 4.78 is 0. The van der Waals surface area contributed by atoms with Crippen molar-refractivity contribution in [3.63, 3.8) is 0 Å². The second-order valence-corrected chi connectivity index (χ2v) is 7.98. The number of aromatic amines is 1. The van der Waals surface area contributed by atoms with Gasteiger partial charge in [-0.2, -0.15) is 0 Å². The molecule has 1 atom stereocenters. The van der Waals surface area contributed by atoms with Crippen LogP contribution in [0, 0.1) is 5.92 Å². The van der Waals surface area contributed by atoms with Gasteiger partial charge >= 0.3 is 6.03 Å². The van der Waals surface area contributed by atoms with Crippen LogP contribution in [0.3, 0.4) is 0 Å². The lowest BCUT2D eigenvalue weighted by Crippen LogP contribution is -2.44. The Balaban J connectivity index is 2.06. The quantitative estimate of drug-likeness (QED) is 0.633. The van der Waals surface area contributed by atoms with E-state index in [2.05, 4.69) is 36.1 Å². The molecule has 0 aliphatic carbocycles. The molecule has 1 unspecified atom stereocenters. The molecule has 0 fully saturated rings. The highest BCUT2D eigenvalue weighted by Crippen LogP contribution is 2.10. The summed E-state index contributed by atoms with van der Waals surface area (Å²) in [7, 11) is 0. The van der Waals surface area contributed by atoms with E-state index < -0.39 is 0 Å². The molecule has 2 aromatic rings. The molecule has 1 aromatic carbocycles. The van der Waals surface area contributed by atoms with E-state index in [0.717, 1.165) is 25.7 Å². The zero-order valence-electron chi connectivity index (χ0n) is 17.6. The summed E-state index contributed by atoms with van der Waals surface area (Å²) >= 11 is 0. The number of H-pyrrole nitrogens is 1. The van der Waals surface area contributed by atoms with Crippen molar-refractivity contribution in [1.29, 1.82) is 0 Å². The SMILES string of the molecule is CCCCN(Cc1nc2ccccc2c(=O)[nH]1)C(=O)NC(C)CCCC(C)C. The lowest BCUT2D eigenvalue weighted by Gasteiger charge is -2.25. The van der Waals surface area contributed by atoms with Crippen LogP contribution in [-0.4, -0.2) is 33.5 Å². The number of benzene rings is 1. The molecule has 0 aliphatic rings. The molecule has 1 aromatic heterocycles. The first-order valence-electron chi connectivity index (χ1n) is 10.4. The maximum atomic E-state index is 12.8. The van der Waals surface area contributed by atoms with Crippen LogP contribution >= 0.6 is 0 Å². The van der Waals surface area contributed by atoms with Gasteiger partial charge in [0.05, 0.1) is 17.4 Å². The first-order valence-corrected chi connectivity index (χ1v) is 10.4. The van der Waals surface area contributed by atoms with Crippen molar-refractivity contribution in [3.05, 3.63) is 40.4 Å².